The van der Waals surface area contributed by atoms with Crippen LogP contribution < -0.4 is 5.63 Å². The van der Waals surface area contributed by atoms with Crippen molar-refractivity contribution in [2.45, 2.75) is 77.6 Å². The summed E-state index contributed by atoms with van der Waals surface area (Å²) in [6.45, 7) is 2.13. The first kappa shape index (κ1) is 20.3. The molecular formula is C19H30O5. The highest BCUT2D eigenvalue weighted by Gasteiger charge is 2.11. The second-order valence-electron chi connectivity index (χ2n) is 6.16. The summed E-state index contributed by atoms with van der Waals surface area (Å²) < 4.78 is 9.91. The zero-order chi connectivity index (χ0) is 17.8. The topological polar surface area (TPSA) is 76.7 Å². The highest BCUT2D eigenvalue weighted by molar-refractivity contribution is 5.68. The number of carbonyl (C=O) groups is 1. The van der Waals surface area contributed by atoms with E-state index in [4.69, 9.17) is 4.42 Å². The lowest BCUT2D eigenvalue weighted by molar-refractivity contribution is -0.140. The van der Waals surface area contributed by atoms with Gasteiger partial charge in [-0.05, 0) is 25.7 Å². The molecule has 1 aromatic rings. The molecule has 1 heterocycles. The molecule has 1 aromatic heterocycles. The van der Waals surface area contributed by atoms with Crippen molar-refractivity contribution in [3.8, 4) is 5.75 Å². The van der Waals surface area contributed by atoms with Crippen LogP contribution in [0.1, 0.15) is 76.0 Å². The zero-order valence-electron chi connectivity index (χ0n) is 14.9. The van der Waals surface area contributed by atoms with Crippen LogP contribution in [0.25, 0.3) is 0 Å². The normalized spacial score (nSPS) is 10.8. The highest BCUT2D eigenvalue weighted by Crippen LogP contribution is 2.19. The van der Waals surface area contributed by atoms with Gasteiger partial charge in [0.25, 0.3) is 0 Å². The van der Waals surface area contributed by atoms with Crippen molar-refractivity contribution in [1.29, 1.82) is 0 Å². The van der Waals surface area contributed by atoms with Crippen molar-refractivity contribution < 1.29 is 19.1 Å². The smallest absolute Gasteiger partial charge is 0.342 e. The van der Waals surface area contributed by atoms with Gasteiger partial charge in [0.15, 0.2) is 0 Å². The lowest BCUT2D eigenvalue weighted by Crippen LogP contribution is -2.09. The van der Waals surface area contributed by atoms with Crippen LogP contribution in [0.2, 0.25) is 0 Å². The van der Waals surface area contributed by atoms with Gasteiger partial charge in [0.2, 0.25) is 0 Å². The number of aromatic hydroxyl groups is 1. The van der Waals surface area contributed by atoms with E-state index >= 15 is 0 Å². The standard InChI is InChI=1S/C19H30O5/c1-3-4-5-9-12-16-17(20)14-15(24-19(16)22)11-8-6-7-10-13-18(21)23-2/h14,20H,3-13H2,1-2H3. The van der Waals surface area contributed by atoms with E-state index < -0.39 is 5.63 Å². The Balaban J connectivity index is 2.36. The SMILES string of the molecule is CCCCCCc1c(O)cc(CCCCCCC(=O)OC)oc1=O. The Bertz CT molecular complexity index is 547. The fourth-order valence-electron chi connectivity index (χ4n) is 2.66. The molecule has 0 aliphatic rings. The van der Waals surface area contributed by atoms with Crippen molar-refractivity contribution in [2.24, 2.45) is 0 Å². The molecular weight excluding hydrogens is 308 g/mol. The van der Waals surface area contributed by atoms with Crippen LogP contribution in [-0.2, 0) is 22.4 Å². The third-order valence-electron chi connectivity index (χ3n) is 4.14. The Morgan fingerprint density at radius 2 is 1.75 bits per heavy atom. The van der Waals surface area contributed by atoms with E-state index in [0.717, 1.165) is 51.4 Å². The predicted octanol–water partition coefficient (Wildman–Crippen LogP) is 4.13. The van der Waals surface area contributed by atoms with Crippen LogP contribution in [0.3, 0.4) is 0 Å². The Kier molecular flexibility index (Phi) is 9.89. The number of aryl methyl sites for hydroxylation is 1. The molecule has 0 unspecified atom stereocenters. The van der Waals surface area contributed by atoms with Crippen molar-refractivity contribution in [1.82, 2.24) is 0 Å². The molecule has 5 heteroatoms. The van der Waals surface area contributed by atoms with Gasteiger partial charge in [-0.1, -0.05) is 39.0 Å². The summed E-state index contributed by atoms with van der Waals surface area (Å²) in [5.41, 5.74) is -0.0138. The maximum absolute atomic E-state index is 12.0. The van der Waals surface area contributed by atoms with Gasteiger partial charge in [-0.25, -0.2) is 4.79 Å². The summed E-state index contributed by atoms with van der Waals surface area (Å²) in [5, 5.41) is 10.0. The molecule has 0 aliphatic heterocycles. The number of methoxy groups -OCH3 is 1. The van der Waals surface area contributed by atoms with Crippen molar-refractivity contribution in [3.63, 3.8) is 0 Å². The van der Waals surface area contributed by atoms with Gasteiger partial charge in [-0.3, -0.25) is 4.79 Å². The number of hydrogen-bond acceptors (Lipinski definition) is 5. The molecule has 0 fully saturated rings. The molecule has 0 aliphatic carbocycles. The minimum Gasteiger partial charge on any atom is -0.507 e. The number of esters is 1. The van der Waals surface area contributed by atoms with Gasteiger partial charge >= 0.3 is 11.6 Å². The van der Waals surface area contributed by atoms with E-state index in [1.807, 2.05) is 0 Å². The molecule has 24 heavy (non-hydrogen) atoms. The molecule has 0 saturated heterocycles. The fourth-order valence-corrected chi connectivity index (χ4v) is 2.66. The van der Waals surface area contributed by atoms with E-state index in [1.165, 1.54) is 7.11 Å². The molecule has 1 N–H and O–H groups in total. The molecule has 0 aromatic carbocycles. The van der Waals surface area contributed by atoms with Crippen LogP contribution in [0.4, 0.5) is 0 Å². The van der Waals surface area contributed by atoms with Crippen LogP contribution >= 0.6 is 0 Å². The Morgan fingerprint density at radius 1 is 1.08 bits per heavy atom. The van der Waals surface area contributed by atoms with Crippen molar-refractivity contribution in [2.75, 3.05) is 7.11 Å². The first-order valence-corrected chi connectivity index (χ1v) is 9.00. The minimum atomic E-state index is -0.410. The number of ether oxygens (including phenoxy) is 1. The summed E-state index contributed by atoms with van der Waals surface area (Å²) >= 11 is 0. The van der Waals surface area contributed by atoms with Gasteiger partial charge in [-0.15, -0.1) is 0 Å². The van der Waals surface area contributed by atoms with E-state index in [-0.39, 0.29) is 11.7 Å². The molecule has 0 spiro atoms. The zero-order valence-corrected chi connectivity index (χ0v) is 14.9. The average molecular weight is 338 g/mol. The maximum Gasteiger partial charge on any atom is 0.342 e. The number of unbranched alkanes of at least 4 members (excludes halogenated alkanes) is 6. The lowest BCUT2D eigenvalue weighted by atomic mass is 10.1. The third kappa shape index (κ3) is 7.66. The van der Waals surface area contributed by atoms with Crippen molar-refractivity contribution in [3.05, 3.63) is 27.8 Å². The second kappa shape index (κ2) is 11.7. The summed E-state index contributed by atoms with van der Waals surface area (Å²) in [6.07, 6.45) is 9.41. The molecule has 0 saturated carbocycles. The first-order chi connectivity index (χ1) is 11.6. The molecule has 1 rings (SSSR count). The fraction of sp³-hybridized carbons (Fsp3) is 0.684. The largest absolute Gasteiger partial charge is 0.507 e. The van der Waals surface area contributed by atoms with Crippen LogP contribution in [0, 0.1) is 0 Å². The van der Waals surface area contributed by atoms with Gasteiger partial charge in [0.1, 0.15) is 11.5 Å². The van der Waals surface area contributed by atoms with E-state index in [0.29, 0.717) is 30.6 Å². The second-order valence-corrected chi connectivity index (χ2v) is 6.16. The van der Waals surface area contributed by atoms with E-state index in [9.17, 15) is 14.7 Å². The van der Waals surface area contributed by atoms with Gasteiger partial charge in [0, 0.05) is 18.9 Å². The Labute approximate surface area is 144 Å². The summed E-state index contributed by atoms with van der Waals surface area (Å²) in [7, 11) is 1.39. The maximum atomic E-state index is 12.0. The molecule has 0 radical (unpaired) electrons. The van der Waals surface area contributed by atoms with Crippen LogP contribution in [0.5, 0.6) is 5.75 Å². The summed E-state index contributed by atoms with van der Waals surface area (Å²) in [4.78, 5) is 23.0. The lowest BCUT2D eigenvalue weighted by Gasteiger charge is -2.06. The molecule has 136 valence electrons. The summed E-state index contributed by atoms with van der Waals surface area (Å²) in [5.74, 6) is 0.409. The molecule has 5 nitrogen and oxygen atoms in total. The van der Waals surface area contributed by atoms with Gasteiger partial charge in [0.05, 0.1) is 12.7 Å². The number of rotatable bonds is 12. The highest BCUT2D eigenvalue weighted by atomic mass is 16.5. The van der Waals surface area contributed by atoms with Crippen LogP contribution in [0.15, 0.2) is 15.3 Å². The Hall–Kier alpha value is -1.78. The quantitative estimate of drug-likeness (QED) is 0.458. The monoisotopic (exact) mass is 338 g/mol. The van der Waals surface area contributed by atoms with E-state index in [2.05, 4.69) is 11.7 Å². The van der Waals surface area contributed by atoms with Crippen molar-refractivity contribution >= 4 is 5.97 Å². The first-order valence-electron chi connectivity index (χ1n) is 9.00. The molecule has 0 atom stereocenters. The van der Waals surface area contributed by atoms with Gasteiger partial charge < -0.3 is 14.3 Å². The third-order valence-corrected chi connectivity index (χ3v) is 4.14. The number of hydrogen-bond donors (Lipinski definition) is 1. The average Bonchev–Trinajstić information content (AvgIpc) is 2.56. The number of carbonyl (C=O) groups excluding carboxylic acids is 1. The Morgan fingerprint density at radius 3 is 2.42 bits per heavy atom. The van der Waals surface area contributed by atoms with E-state index in [1.54, 1.807) is 6.07 Å². The van der Waals surface area contributed by atoms with Crippen LogP contribution in [-0.4, -0.2) is 18.2 Å². The predicted molar refractivity (Wildman–Crippen MR) is 93.3 cm³/mol. The van der Waals surface area contributed by atoms with Gasteiger partial charge in [-0.2, -0.15) is 0 Å². The molecule has 0 bridgehead atoms. The minimum absolute atomic E-state index is 0.0587. The molecule has 0 amide bonds. The summed E-state index contributed by atoms with van der Waals surface area (Å²) in [6, 6.07) is 1.57.